The van der Waals surface area contributed by atoms with Crippen molar-refractivity contribution in [1.29, 1.82) is 0 Å². The van der Waals surface area contributed by atoms with E-state index in [-0.39, 0.29) is 103 Å². The fraction of sp³-hybridized carbons (Fsp3) is 0.818. The number of carbonyl (C=O) groups excluding carboxylic acids is 2. The van der Waals surface area contributed by atoms with Gasteiger partial charge in [-0.05, 0) is 171 Å². The standard InChI is InChI=1S/C77H138O16SSi5/c1-51-44-56(86-64(53(51)3)48-65-60(50-94(80,81)59-34-32-31-33-35-59)68(83-20)66(88-65)46-58(90-96(23,24)74(7,8)9)49-84-95(21,22)73(4,5)6)39-42-61-52(2)45-55(85-61)38-36-54(78)37-41-63(91-97(25,26)75(10,11)12)70-72(93-99(29,30)77(16,17)18)71(92-98(27,28)76(13,14)15)69-62(89-70)43-40-57(87-69)47-67(79)82-19/h31-35,37,41,51,55-58,60-66,68-72H,2-3,36,38-40,42-50H2,1,4-30H3/b41-37+/t51-,55+,56+,57-,58+,60+,61?,62+,63+,64-,65+,66-,68-,69+,70+,71+,72-/m1/s1. The second-order valence-electron chi connectivity index (χ2n) is 37.5. The molecule has 5 fully saturated rings. The molecule has 22 heteroatoms. The first kappa shape index (κ1) is 86.1. The highest BCUT2D eigenvalue weighted by Gasteiger charge is 2.59. The summed E-state index contributed by atoms with van der Waals surface area (Å²) in [6.45, 7) is 67.8. The molecule has 5 saturated heterocycles. The molecule has 1 aromatic carbocycles. The van der Waals surface area contributed by atoms with Crippen molar-refractivity contribution in [2.24, 2.45) is 11.8 Å². The first-order chi connectivity index (χ1) is 45.1. The monoisotopic (exact) mass is 1490 g/mol. The molecule has 1 unspecified atom stereocenters. The van der Waals surface area contributed by atoms with Crippen LogP contribution in [0.25, 0.3) is 0 Å². The third-order valence-electron chi connectivity index (χ3n) is 24.8. The normalized spacial score (nSPS) is 29.8. The van der Waals surface area contributed by atoms with Crippen molar-refractivity contribution in [3.63, 3.8) is 0 Å². The highest BCUT2D eigenvalue weighted by atomic mass is 32.2. The highest BCUT2D eigenvalue weighted by molar-refractivity contribution is 7.91. The van der Waals surface area contributed by atoms with E-state index in [4.69, 9.17) is 55.3 Å². The summed E-state index contributed by atoms with van der Waals surface area (Å²) in [6.07, 6.45) is 3.03. The number of fused-ring (bicyclic) bond motifs is 1. The minimum Gasteiger partial charge on any atom is -0.469 e. The molecule has 16 nitrogen and oxygen atoms in total. The van der Waals surface area contributed by atoms with Gasteiger partial charge in [0.05, 0.1) is 97.9 Å². The second kappa shape index (κ2) is 33.1. The van der Waals surface area contributed by atoms with E-state index in [0.717, 1.165) is 24.0 Å². The van der Waals surface area contributed by atoms with Crippen LogP contribution in [0.1, 0.15) is 181 Å². The van der Waals surface area contributed by atoms with Crippen molar-refractivity contribution >= 4 is 63.2 Å². The molecule has 5 heterocycles. The Morgan fingerprint density at radius 2 is 1.18 bits per heavy atom. The lowest BCUT2D eigenvalue weighted by molar-refractivity contribution is -0.267. The molecule has 5 aliphatic rings. The van der Waals surface area contributed by atoms with Crippen molar-refractivity contribution in [2.75, 3.05) is 26.6 Å². The largest absolute Gasteiger partial charge is 0.469 e. The van der Waals surface area contributed by atoms with Gasteiger partial charge in [0.15, 0.2) is 57.2 Å². The van der Waals surface area contributed by atoms with E-state index in [1.54, 1.807) is 37.5 Å². The maximum Gasteiger partial charge on any atom is 0.308 e. The van der Waals surface area contributed by atoms with Gasteiger partial charge in [0, 0.05) is 32.3 Å². The van der Waals surface area contributed by atoms with Gasteiger partial charge in [-0.3, -0.25) is 9.59 Å². The van der Waals surface area contributed by atoms with Crippen LogP contribution in [-0.4, -0.2) is 180 Å². The van der Waals surface area contributed by atoms with E-state index in [0.29, 0.717) is 51.6 Å². The number of sulfone groups is 1. The van der Waals surface area contributed by atoms with Crippen LogP contribution in [0.4, 0.5) is 0 Å². The molecule has 17 atom stereocenters. The summed E-state index contributed by atoms with van der Waals surface area (Å²) < 4.78 is 113. The van der Waals surface area contributed by atoms with Crippen LogP contribution in [0.15, 0.2) is 71.7 Å². The number of hydrogen-bond acceptors (Lipinski definition) is 16. The van der Waals surface area contributed by atoms with E-state index in [1.807, 2.05) is 12.1 Å². The number of allylic oxidation sites excluding steroid dienone is 1. The molecule has 99 heavy (non-hydrogen) atoms. The molecule has 0 aliphatic carbocycles. The third kappa shape index (κ3) is 22.2. The van der Waals surface area contributed by atoms with E-state index in [1.165, 1.54) is 7.11 Å². The molecule has 0 aromatic heterocycles. The highest BCUT2D eigenvalue weighted by Crippen LogP contribution is 2.49. The molecule has 0 saturated carbocycles. The SMILES string of the molecule is C=C1C[C@H](CCC(=O)/C=C/[C@H](O[Si](C)(C)C(C)(C)C)[C@@H]2O[C@H]3CC[C@H](CC(=O)OC)O[C@@H]3[C@H](O[Si](C)(C)C(C)(C)C)[C@@H]2O[Si](C)(C)C(C)(C)C)OC1CC[C@H]1C[C@@H](C)C(=C)[C@@H](C[C@@H]2O[C@H](C[C@@H](CO[Si](C)(C)C(C)(C)C)O[Si](C)(C)C(C)(C)C)[C@H](OC)[C@H]2CS(=O)(=O)c2ccccc2)O1. The van der Waals surface area contributed by atoms with E-state index in [2.05, 4.69) is 189 Å². The van der Waals surface area contributed by atoms with Crippen LogP contribution >= 0.6 is 0 Å². The smallest absolute Gasteiger partial charge is 0.308 e. The Balaban J connectivity index is 1.19. The summed E-state index contributed by atoms with van der Waals surface area (Å²) >= 11 is 0. The molecule has 5 aliphatic heterocycles. The molecule has 0 N–H and O–H groups in total. The van der Waals surface area contributed by atoms with Crippen LogP contribution in [0.3, 0.4) is 0 Å². The number of methoxy groups -OCH3 is 2. The maximum absolute atomic E-state index is 14.4. The predicted octanol–water partition coefficient (Wildman–Crippen LogP) is 17.8. The van der Waals surface area contributed by atoms with E-state index >= 15 is 0 Å². The molecule has 568 valence electrons. The summed E-state index contributed by atoms with van der Waals surface area (Å²) in [5.41, 5.74) is 1.99. The van der Waals surface area contributed by atoms with Gasteiger partial charge in [-0.2, -0.15) is 0 Å². The molecule has 0 radical (unpaired) electrons. The first-order valence-corrected chi connectivity index (χ1v) is 53.4. The van der Waals surface area contributed by atoms with Crippen molar-refractivity contribution < 1.29 is 73.3 Å². The molecular formula is C77H138O16SSi5. The summed E-state index contributed by atoms with van der Waals surface area (Å²) in [4.78, 5) is 27.4. The number of benzene rings is 1. The number of ketones is 1. The number of ether oxygens (including phenoxy) is 7. The Morgan fingerprint density at radius 1 is 0.626 bits per heavy atom. The van der Waals surface area contributed by atoms with Gasteiger partial charge in [0.2, 0.25) is 0 Å². The summed E-state index contributed by atoms with van der Waals surface area (Å²) in [6, 6.07) is 8.67. The lowest BCUT2D eigenvalue weighted by Gasteiger charge is -2.56. The van der Waals surface area contributed by atoms with Crippen molar-refractivity contribution in [3.05, 3.63) is 66.8 Å². The van der Waals surface area contributed by atoms with Gasteiger partial charge in [-0.25, -0.2) is 8.42 Å². The average molecular weight is 1490 g/mol. The number of hydrogen-bond donors (Lipinski definition) is 0. The van der Waals surface area contributed by atoms with Gasteiger partial charge in [-0.1, -0.05) is 148 Å². The zero-order valence-corrected chi connectivity index (χ0v) is 72.7. The van der Waals surface area contributed by atoms with Gasteiger partial charge in [-0.15, -0.1) is 0 Å². The fourth-order valence-corrected chi connectivity index (χ4v) is 21.0. The zero-order chi connectivity index (χ0) is 74.8. The van der Waals surface area contributed by atoms with Crippen LogP contribution in [-0.2, 0) is 74.7 Å². The third-order valence-corrected chi connectivity index (χ3v) is 49.0. The number of rotatable bonds is 30. The van der Waals surface area contributed by atoms with E-state index < -0.39 is 112 Å². The fourth-order valence-electron chi connectivity index (χ4n) is 13.0. The number of carbonyl (C=O) groups is 2. The van der Waals surface area contributed by atoms with Crippen LogP contribution < -0.4 is 0 Å². The maximum atomic E-state index is 14.4. The Labute approximate surface area is 606 Å². The van der Waals surface area contributed by atoms with Gasteiger partial charge >= 0.3 is 5.97 Å². The molecule has 0 spiro atoms. The lowest BCUT2D eigenvalue weighted by Crippen LogP contribution is -2.69. The predicted molar refractivity (Wildman–Crippen MR) is 412 cm³/mol. The molecular weight excluding hydrogens is 1350 g/mol. The molecule has 1 aromatic rings. The lowest BCUT2D eigenvalue weighted by atomic mass is 9.83. The van der Waals surface area contributed by atoms with Crippen LogP contribution in [0.5, 0.6) is 0 Å². The first-order valence-electron chi connectivity index (χ1n) is 37.2. The average Bonchev–Trinajstić information content (AvgIpc) is 0.965. The molecule has 0 amide bonds. The Kier molecular flexibility index (Phi) is 28.8. The quantitative estimate of drug-likeness (QED) is 0.0307. The van der Waals surface area contributed by atoms with Gasteiger partial charge in [0.25, 0.3) is 0 Å². The molecule has 6 rings (SSSR count). The van der Waals surface area contributed by atoms with E-state index in [9.17, 15) is 18.0 Å². The summed E-state index contributed by atoms with van der Waals surface area (Å²) in [7, 11) is -12.9. The zero-order valence-electron chi connectivity index (χ0n) is 66.9. The summed E-state index contributed by atoms with van der Waals surface area (Å²) in [5.74, 6) is -0.886. The van der Waals surface area contributed by atoms with Gasteiger partial charge < -0.3 is 55.3 Å². The van der Waals surface area contributed by atoms with Crippen LogP contribution in [0, 0.1) is 11.8 Å². The Bertz CT molecular complexity index is 2990. The Hall–Kier alpha value is -1.83. The minimum atomic E-state index is -3.77. The van der Waals surface area contributed by atoms with Crippen molar-refractivity contribution in [3.8, 4) is 0 Å². The van der Waals surface area contributed by atoms with Crippen molar-refractivity contribution in [1.82, 2.24) is 0 Å². The number of esters is 1. The second-order valence-corrected chi connectivity index (χ2v) is 63.3. The molecule has 0 bridgehead atoms. The van der Waals surface area contributed by atoms with Crippen LogP contribution in [0.2, 0.25) is 90.7 Å². The topological polar surface area (TPSA) is 179 Å². The van der Waals surface area contributed by atoms with Gasteiger partial charge in [0.1, 0.15) is 24.4 Å². The summed E-state index contributed by atoms with van der Waals surface area (Å²) in [5, 5.41) is -0.559. The van der Waals surface area contributed by atoms with Crippen molar-refractivity contribution in [2.45, 2.75) is 369 Å². The minimum absolute atomic E-state index is 0.00674. The Morgan fingerprint density at radius 3 is 1.74 bits per heavy atom.